The van der Waals surface area contributed by atoms with Crippen LogP contribution >= 0.6 is 11.3 Å². The fourth-order valence-electron chi connectivity index (χ4n) is 3.27. The molecule has 1 N–H and O–H groups in total. The number of hydrogen-bond donors (Lipinski definition) is 1. The van der Waals surface area contributed by atoms with E-state index in [2.05, 4.69) is 15.2 Å². The highest BCUT2D eigenvalue weighted by atomic mass is 32.1. The number of rotatable bonds is 5. The van der Waals surface area contributed by atoms with Crippen molar-refractivity contribution in [1.82, 2.24) is 14.8 Å². The van der Waals surface area contributed by atoms with Gasteiger partial charge in [0.15, 0.2) is 5.13 Å². The van der Waals surface area contributed by atoms with Crippen molar-refractivity contribution in [2.24, 2.45) is 5.92 Å². The van der Waals surface area contributed by atoms with Gasteiger partial charge in [0.2, 0.25) is 11.8 Å². The zero-order valence-electron chi connectivity index (χ0n) is 14.7. The van der Waals surface area contributed by atoms with E-state index in [-0.39, 0.29) is 17.7 Å². The van der Waals surface area contributed by atoms with Gasteiger partial charge < -0.3 is 15.0 Å². The van der Waals surface area contributed by atoms with Crippen LogP contribution in [0.25, 0.3) is 0 Å². The van der Waals surface area contributed by atoms with E-state index >= 15 is 0 Å². The number of nitrogens with one attached hydrogen (secondary N) is 1. The summed E-state index contributed by atoms with van der Waals surface area (Å²) in [5.74, 6) is -0.0451. The van der Waals surface area contributed by atoms with Crippen LogP contribution in [0.2, 0.25) is 0 Å². The first-order valence-corrected chi connectivity index (χ1v) is 9.87. The van der Waals surface area contributed by atoms with Crippen LogP contribution in [0.1, 0.15) is 31.9 Å². The summed E-state index contributed by atoms with van der Waals surface area (Å²) in [6.45, 7) is 7.30. The van der Waals surface area contributed by atoms with Crippen LogP contribution in [0.3, 0.4) is 0 Å². The third kappa shape index (κ3) is 4.99. The minimum atomic E-state index is -0.143. The third-order valence-corrected chi connectivity index (χ3v) is 5.53. The lowest BCUT2D eigenvalue weighted by Crippen LogP contribution is -2.43. The van der Waals surface area contributed by atoms with E-state index in [9.17, 15) is 9.59 Å². The van der Waals surface area contributed by atoms with Gasteiger partial charge in [-0.15, -0.1) is 11.3 Å². The minimum Gasteiger partial charge on any atom is -0.379 e. The van der Waals surface area contributed by atoms with Crippen molar-refractivity contribution in [3.8, 4) is 0 Å². The van der Waals surface area contributed by atoms with Gasteiger partial charge in [0, 0.05) is 44.5 Å². The van der Waals surface area contributed by atoms with Gasteiger partial charge in [-0.3, -0.25) is 14.5 Å². The molecule has 8 heteroatoms. The second-order valence-corrected chi connectivity index (χ2v) is 7.41. The second kappa shape index (κ2) is 8.73. The SMILES string of the molecule is CCC(=O)N1CCCC(C(=O)Nc2nc(CN3CCOCC3)cs2)C1. The molecular formula is C17H26N4O3S. The van der Waals surface area contributed by atoms with Gasteiger partial charge in [-0.2, -0.15) is 0 Å². The van der Waals surface area contributed by atoms with Crippen molar-refractivity contribution < 1.29 is 14.3 Å². The van der Waals surface area contributed by atoms with Gasteiger partial charge >= 0.3 is 0 Å². The molecule has 0 aromatic carbocycles. The Morgan fingerprint density at radius 1 is 1.36 bits per heavy atom. The highest BCUT2D eigenvalue weighted by Crippen LogP contribution is 2.22. The van der Waals surface area contributed by atoms with Crippen molar-refractivity contribution in [3.63, 3.8) is 0 Å². The molecule has 138 valence electrons. The fraction of sp³-hybridized carbons (Fsp3) is 0.706. The Kier molecular flexibility index (Phi) is 6.39. The van der Waals surface area contributed by atoms with Crippen LogP contribution < -0.4 is 5.32 Å². The molecular weight excluding hydrogens is 340 g/mol. The molecule has 2 amide bonds. The number of amides is 2. The summed E-state index contributed by atoms with van der Waals surface area (Å²) in [5.41, 5.74) is 0.980. The summed E-state index contributed by atoms with van der Waals surface area (Å²) in [5, 5.41) is 5.58. The summed E-state index contributed by atoms with van der Waals surface area (Å²) in [7, 11) is 0. The van der Waals surface area contributed by atoms with E-state index in [4.69, 9.17) is 4.74 Å². The van der Waals surface area contributed by atoms with Crippen molar-refractivity contribution in [1.29, 1.82) is 0 Å². The van der Waals surface area contributed by atoms with Crippen LogP contribution in [0.5, 0.6) is 0 Å². The van der Waals surface area contributed by atoms with Gasteiger partial charge in [-0.05, 0) is 12.8 Å². The Hall–Kier alpha value is -1.51. The second-order valence-electron chi connectivity index (χ2n) is 6.55. The highest BCUT2D eigenvalue weighted by Gasteiger charge is 2.28. The van der Waals surface area contributed by atoms with Gasteiger partial charge in [-0.25, -0.2) is 4.98 Å². The summed E-state index contributed by atoms with van der Waals surface area (Å²) in [4.78, 5) is 33.0. The number of morpholine rings is 1. The van der Waals surface area contributed by atoms with Gasteiger partial charge in [0.25, 0.3) is 0 Å². The lowest BCUT2D eigenvalue weighted by Gasteiger charge is -2.31. The number of carbonyl (C=O) groups excluding carboxylic acids is 2. The molecule has 7 nitrogen and oxygen atoms in total. The Morgan fingerprint density at radius 2 is 2.16 bits per heavy atom. The average molecular weight is 366 g/mol. The van der Waals surface area contributed by atoms with Crippen LogP contribution in [0.15, 0.2) is 5.38 Å². The monoisotopic (exact) mass is 366 g/mol. The molecule has 2 aliphatic heterocycles. The molecule has 3 heterocycles. The lowest BCUT2D eigenvalue weighted by molar-refractivity contribution is -0.134. The number of ether oxygens (including phenoxy) is 1. The van der Waals surface area contributed by atoms with E-state index < -0.39 is 0 Å². The van der Waals surface area contributed by atoms with Gasteiger partial charge in [0.05, 0.1) is 24.8 Å². The molecule has 0 bridgehead atoms. The first-order valence-electron chi connectivity index (χ1n) is 8.99. The predicted octanol–water partition coefficient (Wildman–Crippen LogP) is 1.56. The minimum absolute atomic E-state index is 0.0270. The fourth-order valence-corrected chi connectivity index (χ4v) is 3.98. The normalized spacial score (nSPS) is 22.0. The maximum absolute atomic E-state index is 12.5. The quantitative estimate of drug-likeness (QED) is 0.856. The highest BCUT2D eigenvalue weighted by molar-refractivity contribution is 7.13. The number of aromatic nitrogens is 1. The molecule has 25 heavy (non-hydrogen) atoms. The summed E-state index contributed by atoms with van der Waals surface area (Å²) >= 11 is 1.46. The molecule has 0 spiro atoms. The molecule has 0 saturated carbocycles. The molecule has 0 radical (unpaired) electrons. The number of hydrogen-bond acceptors (Lipinski definition) is 6. The lowest BCUT2D eigenvalue weighted by atomic mass is 9.97. The Labute approximate surface area is 152 Å². The van der Waals surface area contributed by atoms with E-state index in [0.717, 1.165) is 57.9 Å². The number of piperidine rings is 1. The van der Waals surface area contributed by atoms with Crippen LogP contribution in [0.4, 0.5) is 5.13 Å². The molecule has 0 aliphatic carbocycles. The number of thiazole rings is 1. The predicted molar refractivity (Wildman–Crippen MR) is 96.4 cm³/mol. The van der Waals surface area contributed by atoms with Crippen molar-refractivity contribution in [3.05, 3.63) is 11.1 Å². The Balaban J connectivity index is 1.51. The standard InChI is InChI=1S/C17H26N4O3S/c1-2-15(22)21-5-3-4-13(10-21)16(23)19-17-18-14(12-25-17)11-20-6-8-24-9-7-20/h12-13H,2-11H2,1H3,(H,18,19,23). The number of likely N-dealkylation sites (tertiary alicyclic amines) is 1. The molecule has 1 aromatic heterocycles. The van der Waals surface area contributed by atoms with Crippen LogP contribution in [0, 0.1) is 5.92 Å². The largest absolute Gasteiger partial charge is 0.379 e. The van der Waals surface area contributed by atoms with Crippen LogP contribution in [-0.4, -0.2) is 66.0 Å². The maximum Gasteiger partial charge on any atom is 0.231 e. The first kappa shape index (κ1) is 18.3. The molecule has 1 unspecified atom stereocenters. The molecule has 1 atom stereocenters. The number of anilines is 1. The van der Waals surface area contributed by atoms with E-state index in [1.165, 1.54) is 11.3 Å². The van der Waals surface area contributed by atoms with Crippen molar-refractivity contribution in [2.75, 3.05) is 44.7 Å². The zero-order chi connectivity index (χ0) is 17.6. The summed E-state index contributed by atoms with van der Waals surface area (Å²) in [6.07, 6.45) is 2.20. The molecule has 2 aliphatic rings. The summed E-state index contributed by atoms with van der Waals surface area (Å²) < 4.78 is 5.35. The van der Waals surface area contributed by atoms with Crippen molar-refractivity contribution in [2.45, 2.75) is 32.7 Å². The van der Waals surface area contributed by atoms with E-state index in [1.807, 2.05) is 12.3 Å². The topological polar surface area (TPSA) is 74.8 Å². The molecule has 3 rings (SSSR count). The van der Waals surface area contributed by atoms with E-state index in [1.54, 1.807) is 4.90 Å². The Bertz CT molecular complexity index is 600. The Morgan fingerprint density at radius 3 is 2.92 bits per heavy atom. The maximum atomic E-state index is 12.5. The first-order chi connectivity index (χ1) is 12.2. The van der Waals surface area contributed by atoms with Gasteiger partial charge in [-0.1, -0.05) is 6.92 Å². The molecule has 2 saturated heterocycles. The van der Waals surface area contributed by atoms with Gasteiger partial charge in [0.1, 0.15) is 0 Å². The number of carbonyl (C=O) groups is 2. The van der Waals surface area contributed by atoms with Crippen molar-refractivity contribution >= 4 is 28.3 Å². The smallest absolute Gasteiger partial charge is 0.231 e. The molecule has 1 aromatic rings. The number of nitrogens with zero attached hydrogens (tertiary/aromatic N) is 3. The average Bonchev–Trinajstić information content (AvgIpc) is 3.08. The van der Waals surface area contributed by atoms with Crippen LogP contribution in [-0.2, 0) is 20.9 Å². The summed E-state index contributed by atoms with van der Waals surface area (Å²) in [6, 6.07) is 0. The zero-order valence-corrected chi connectivity index (χ0v) is 15.5. The van der Waals surface area contributed by atoms with E-state index in [0.29, 0.717) is 18.1 Å². The third-order valence-electron chi connectivity index (χ3n) is 4.72. The molecule has 2 fully saturated rings.